The van der Waals surface area contributed by atoms with Gasteiger partial charge in [-0.25, -0.2) is 12.7 Å². The fourth-order valence-electron chi connectivity index (χ4n) is 2.99. The number of halogens is 3. The van der Waals surface area contributed by atoms with Gasteiger partial charge in [0.05, 0.1) is 10.5 Å². The number of anilines is 1. The van der Waals surface area contributed by atoms with Crippen LogP contribution in [0.4, 0.5) is 18.9 Å². The molecule has 0 bridgehead atoms. The third-order valence-electron chi connectivity index (χ3n) is 4.55. The minimum absolute atomic E-state index is 0.0555. The summed E-state index contributed by atoms with van der Waals surface area (Å²) in [5, 5.41) is 0. The topological polar surface area (TPSA) is 66.9 Å². The summed E-state index contributed by atoms with van der Waals surface area (Å²) in [4.78, 5) is 14.1. The monoisotopic (exact) mass is 428 g/mol. The Morgan fingerprint density at radius 3 is 2.55 bits per heavy atom. The fraction of sp³-hybridized carbons (Fsp3) is 0.316. The summed E-state index contributed by atoms with van der Waals surface area (Å²) >= 11 is 0. The van der Waals surface area contributed by atoms with Gasteiger partial charge in [-0.1, -0.05) is 6.07 Å². The van der Waals surface area contributed by atoms with E-state index >= 15 is 0 Å². The van der Waals surface area contributed by atoms with E-state index in [1.807, 2.05) is 0 Å². The average molecular weight is 428 g/mol. The van der Waals surface area contributed by atoms with Crippen molar-refractivity contribution in [2.24, 2.45) is 0 Å². The summed E-state index contributed by atoms with van der Waals surface area (Å²) in [5.74, 6) is -0.482. The molecule has 1 aliphatic heterocycles. The number of ether oxygens (including phenoxy) is 1. The van der Waals surface area contributed by atoms with Crippen LogP contribution in [0.25, 0.3) is 0 Å². The Bertz CT molecular complexity index is 1040. The van der Waals surface area contributed by atoms with Crippen molar-refractivity contribution in [3.05, 3.63) is 53.6 Å². The highest BCUT2D eigenvalue weighted by molar-refractivity contribution is 7.89. The Kier molecular flexibility index (Phi) is 5.59. The lowest BCUT2D eigenvalue weighted by Crippen LogP contribution is -2.33. The lowest BCUT2D eigenvalue weighted by Gasteiger charge is -2.18. The normalized spacial score (nSPS) is 14.2. The molecule has 0 atom stereocenters. The first kappa shape index (κ1) is 21.1. The fourth-order valence-corrected chi connectivity index (χ4v) is 3.95. The molecule has 0 aliphatic carbocycles. The van der Waals surface area contributed by atoms with Crippen LogP contribution in [-0.4, -0.2) is 45.9 Å². The third kappa shape index (κ3) is 4.38. The van der Waals surface area contributed by atoms with Crippen molar-refractivity contribution < 1.29 is 31.1 Å². The van der Waals surface area contributed by atoms with Crippen molar-refractivity contribution in [3.8, 4) is 5.75 Å². The molecule has 29 heavy (non-hydrogen) atoms. The molecule has 0 spiro atoms. The molecule has 3 rings (SSSR count). The van der Waals surface area contributed by atoms with Crippen molar-refractivity contribution in [2.75, 3.05) is 32.1 Å². The Balaban J connectivity index is 1.72. The van der Waals surface area contributed by atoms with Crippen molar-refractivity contribution in [1.29, 1.82) is 0 Å². The number of hydrogen-bond donors (Lipinski definition) is 0. The van der Waals surface area contributed by atoms with Crippen LogP contribution in [0.1, 0.15) is 11.1 Å². The summed E-state index contributed by atoms with van der Waals surface area (Å²) in [5.41, 5.74) is 0.421. The Hall–Kier alpha value is -2.59. The Morgan fingerprint density at radius 2 is 1.90 bits per heavy atom. The maximum Gasteiger partial charge on any atom is 0.416 e. The van der Waals surface area contributed by atoms with E-state index in [-0.39, 0.29) is 10.6 Å². The lowest BCUT2D eigenvalue weighted by molar-refractivity contribution is -0.137. The third-order valence-corrected chi connectivity index (χ3v) is 6.36. The second-order valence-corrected chi connectivity index (χ2v) is 8.84. The number of fused-ring (bicyclic) bond motifs is 1. The van der Waals surface area contributed by atoms with E-state index in [1.54, 1.807) is 6.07 Å². The number of nitrogens with zero attached hydrogens (tertiary/aromatic N) is 2. The number of carbonyl (C=O) groups excluding carboxylic acids is 1. The smallest absolute Gasteiger partial charge is 0.416 e. The van der Waals surface area contributed by atoms with Crippen molar-refractivity contribution in [2.45, 2.75) is 17.5 Å². The summed E-state index contributed by atoms with van der Waals surface area (Å²) in [7, 11) is -0.717. The molecule has 2 aromatic rings. The lowest BCUT2D eigenvalue weighted by atomic mass is 10.2. The Morgan fingerprint density at radius 1 is 1.17 bits per heavy atom. The van der Waals surface area contributed by atoms with Crippen LogP contribution in [0.15, 0.2) is 47.4 Å². The molecular weight excluding hydrogens is 409 g/mol. The van der Waals surface area contributed by atoms with Gasteiger partial charge in [0, 0.05) is 26.3 Å². The van der Waals surface area contributed by atoms with Gasteiger partial charge in [-0.2, -0.15) is 13.2 Å². The largest absolute Gasteiger partial charge is 0.484 e. The summed E-state index contributed by atoms with van der Waals surface area (Å²) in [6.07, 6.45) is -4.02. The van der Waals surface area contributed by atoms with Gasteiger partial charge in [-0.05, 0) is 48.4 Å². The molecule has 1 amide bonds. The highest BCUT2D eigenvalue weighted by Crippen LogP contribution is 2.32. The van der Waals surface area contributed by atoms with E-state index in [9.17, 15) is 26.4 Å². The molecule has 0 saturated heterocycles. The number of benzene rings is 2. The molecule has 1 heterocycles. The van der Waals surface area contributed by atoms with Crippen LogP contribution < -0.4 is 9.64 Å². The van der Waals surface area contributed by atoms with Gasteiger partial charge >= 0.3 is 6.18 Å². The molecule has 0 aromatic heterocycles. The number of hydrogen-bond acceptors (Lipinski definition) is 4. The average Bonchev–Trinajstić information content (AvgIpc) is 3.09. The molecule has 1 aliphatic rings. The van der Waals surface area contributed by atoms with Crippen LogP contribution in [0.5, 0.6) is 5.75 Å². The molecular formula is C19H19F3N2O4S. The molecule has 6 nitrogen and oxygen atoms in total. The minimum atomic E-state index is -4.50. The van der Waals surface area contributed by atoms with Gasteiger partial charge in [0.2, 0.25) is 10.0 Å². The zero-order valence-corrected chi connectivity index (χ0v) is 16.5. The first-order valence-corrected chi connectivity index (χ1v) is 10.1. The van der Waals surface area contributed by atoms with E-state index in [4.69, 9.17) is 4.74 Å². The van der Waals surface area contributed by atoms with E-state index in [0.717, 1.165) is 16.4 Å². The van der Waals surface area contributed by atoms with E-state index in [1.165, 1.54) is 43.3 Å². The zero-order chi connectivity index (χ0) is 21.4. The van der Waals surface area contributed by atoms with E-state index in [2.05, 4.69) is 0 Å². The first-order valence-electron chi connectivity index (χ1n) is 8.66. The zero-order valence-electron chi connectivity index (χ0n) is 15.7. The number of alkyl halides is 3. The van der Waals surface area contributed by atoms with Crippen LogP contribution >= 0.6 is 0 Å². The number of carbonyl (C=O) groups is 1. The SMILES string of the molecule is CN(C)S(=O)(=O)c1ccc2c(c1)CCN2C(=O)COc1cccc(C(F)(F)F)c1. The van der Waals surface area contributed by atoms with Gasteiger partial charge in [0.1, 0.15) is 5.75 Å². The van der Waals surface area contributed by atoms with Crippen molar-refractivity contribution in [3.63, 3.8) is 0 Å². The van der Waals surface area contributed by atoms with Crippen LogP contribution in [0.3, 0.4) is 0 Å². The summed E-state index contributed by atoms with van der Waals surface area (Å²) in [6, 6.07) is 8.83. The highest BCUT2D eigenvalue weighted by Gasteiger charge is 2.31. The predicted molar refractivity (Wildman–Crippen MR) is 100 cm³/mol. The predicted octanol–water partition coefficient (Wildman–Crippen LogP) is 2.92. The van der Waals surface area contributed by atoms with Crippen LogP contribution in [0.2, 0.25) is 0 Å². The van der Waals surface area contributed by atoms with Gasteiger partial charge < -0.3 is 9.64 Å². The molecule has 0 unspecified atom stereocenters. The van der Waals surface area contributed by atoms with Crippen molar-refractivity contribution in [1.82, 2.24) is 4.31 Å². The summed E-state index contributed by atoms with van der Waals surface area (Å²) < 4.78 is 69.2. The molecule has 156 valence electrons. The highest BCUT2D eigenvalue weighted by atomic mass is 32.2. The van der Waals surface area contributed by atoms with Gasteiger partial charge in [-0.3, -0.25) is 4.79 Å². The molecule has 2 aromatic carbocycles. The standard InChI is InChI=1S/C19H19F3N2O4S/c1-23(2)29(26,27)16-6-7-17-13(10-16)8-9-24(17)18(25)12-28-15-5-3-4-14(11-15)19(20,21)22/h3-7,10-11H,8-9,12H2,1-2H3. The summed E-state index contributed by atoms with van der Waals surface area (Å²) in [6.45, 7) is -0.0932. The molecule has 0 fully saturated rings. The van der Waals surface area contributed by atoms with Gasteiger partial charge in [0.15, 0.2) is 6.61 Å². The van der Waals surface area contributed by atoms with E-state index in [0.29, 0.717) is 24.2 Å². The van der Waals surface area contributed by atoms with E-state index < -0.39 is 34.3 Å². The maximum atomic E-state index is 12.8. The number of rotatable bonds is 5. The second kappa shape index (κ2) is 7.68. The molecule has 0 saturated carbocycles. The minimum Gasteiger partial charge on any atom is -0.484 e. The maximum absolute atomic E-state index is 12.8. The van der Waals surface area contributed by atoms with Gasteiger partial charge in [-0.15, -0.1) is 0 Å². The number of amides is 1. The van der Waals surface area contributed by atoms with Crippen LogP contribution in [0, 0.1) is 0 Å². The molecule has 0 N–H and O–H groups in total. The first-order chi connectivity index (χ1) is 13.5. The van der Waals surface area contributed by atoms with Gasteiger partial charge in [0.25, 0.3) is 5.91 Å². The van der Waals surface area contributed by atoms with Crippen LogP contribution in [-0.2, 0) is 27.4 Å². The quantitative estimate of drug-likeness (QED) is 0.735. The molecule has 10 heteroatoms. The molecule has 0 radical (unpaired) electrons. The second-order valence-electron chi connectivity index (χ2n) is 6.69. The Labute approximate surface area is 166 Å². The number of sulfonamides is 1. The van der Waals surface area contributed by atoms with Crippen molar-refractivity contribution >= 4 is 21.6 Å².